The zero-order chi connectivity index (χ0) is 19.8. The summed E-state index contributed by atoms with van der Waals surface area (Å²) < 4.78 is 2.09. The van der Waals surface area contributed by atoms with E-state index in [1.165, 1.54) is 31.4 Å². The van der Waals surface area contributed by atoms with Gasteiger partial charge in [-0.25, -0.2) is 4.98 Å². The molecule has 0 aromatic carbocycles. The van der Waals surface area contributed by atoms with Crippen molar-refractivity contribution in [1.29, 1.82) is 0 Å². The Morgan fingerprint density at radius 2 is 1.79 bits per heavy atom. The number of fused-ring (bicyclic) bond motifs is 4. The molecule has 2 atom stereocenters. The second kappa shape index (κ2) is 7.92. The molecule has 3 aliphatic rings. The summed E-state index contributed by atoms with van der Waals surface area (Å²) in [6.45, 7) is 6.74. The molecule has 2 aromatic heterocycles. The van der Waals surface area contributed by atoms with Gasteiger partial charge in [0.1, 0.15) is 5.82 Å². The number of hydrogen-bond donors (Lipinski definition) is 1. The lowest BCUT2D eigenvalue weighted by molar-refractivity contribution is 0.114. The molecule has 2 N–H and O–H groups in total. The van der Waals surface area contributed by atoms with E-state index in [1.807, 2.05) is 6.07 Å². The molecule has 0 aliphatic carbocycles. The fraction of sp³-hybridized carbons (Fsp3) is 0.565. The quantitative estimate of drug-likeness (QED) is 0.864. The molecule has 2 aromatic rings. The molecule has 3 aliphatic heterocycles. The largest absolute Gasteiger partial charge is 0.383 e. The number of nitrogens with two attached hydrogens (primary N) is 1. The molecule has 0 unspecified atom stereocenters. The van der Waals surface area contributed by atoms with Gasteiger partial charge in [-0.2, -0.15) is 0 Å². The highest BCUT2D eigenvalue weighted by Crippen LogP contribution is 2.36. The van der Waals surface area contributed by atoms with E-state index in [0.717, 1.165) is 56.9 Å². The SMILES string of the molecule is Nc1ncccc1CN1C[C@@H]2C[C@H](C1)c1ccc(CN3CCCCC3)c(=O)n1C2. The third-order valence-corrected chi connectivity index (χ3v) is 6.92. The van der Waals surface area contributed by atoms with Crippen molar-refractivity contribution in [3.63, 3.8) is 0 Å². The maximum atomic E-state index is 13.2. The van der Waals surface area contributed by atoms with Crippen LogP contribution in [0, 0.1) is 5.92 Å². The standard InChI is InChI=1S/C23H31N5O/c24-22-18(5-4-8-25-22)14-27-12-17-11-20(16-27)21-7-6-19(23(29)28(21)13-17)15-26-9-2-1-3-10-26/h4-8,17,20H,1-3,9-16H2,(H2,24,25)/t17-,20+/m0/s1. The lowest BCUT2D eigenvalue weighted by Gasteiger charge is -2.43. The van der Waals surface area contributed by atoms with Crippen molar-refractivity contribution in [3.05, 3.63) is 57.6 Å². The third-order valence-electron chi connectivity index (χ3n) is 6.92. The van der Waals surface area contributed by atoms with Gasteiger partial charge in [-0.15, -0.1) is 0 Å². The van der Waals surface area contributed by atoms with Crippen molar-refractivity contribution >= 4 is 5.82 Å². The van der Waals surface area contributed by atoms with E-state index in [1.54, 1.807) is 6.20 Å². The van der Waals surface area contributed by atoms with E-state index in [2.05, 4.69) is 37.5 Å². The van der Waals surface area contributed by atoms with Gasteiger partial charge in [-0.3, -0.25) is 14.6 Å². The first-order chi connectivity index (χ1) is 14.2. The van der Waals surface area contributed by atoms with Crippen LogP contribution in [0.4, 0.5) is 5.82 Å². The Bertz CT molecular complexity index is 933. The number of hydrogen-bond acceptors (Lipinski definition) is 5. The first kappa shape index (κ1) is 18.8. The summed E-state index contributed by atoms with van der Waals surface area (Å²) in [6.07, 6.45) is 6.77. The molecule has 0 amide bonds. The zero-order valence-electron chi connectivity index (χ0n) is 17.1. The zero-order valence-corrected chi connectivity index (χ0v) is 17.1. The Balaban J connectivity index is 1.34. The summed E-state index contributed by atoms with van der Waals surface area (Å²) in [7, 11) is 0. The summed E-state index contributed by atoms with van der Waals surface area (Å²) >= 11 is 0. The molecule has 6 heteroatoms. The van der Waals surface area contributed by atoms with Gasteiger partial charge >= 0.3 is 0 Å². The van der Waals surface area contributed by atoms with Crippen molar-refractivity contribution in [2.75, 3.05) is 31.9 Å². The number of rotatable bonds is 4. The van der Waals surface area contributed by atoms with Crippen LogP contribution in [0.2, 0.25) is 0 Å². The minimum absolute atomic E-state index is 0.243. The summed E-state index contributed by atoms with van der Waals surface area (Å²) in [6, 6.07) is 8.35. The number of anilines is 1. The van der Waals surface area contributed by atoms with Crippen LogP contribution in [0.3, 0.4) is 0 Å². The number of aromatic nitrogens is 2. The number of pyridine rings is 2. The smallest absolute Gasteiger partial charge is 0.255 e. The maximum absolute atomic E-state index is 13.2. The highest BCUT2D eigenvalue weighted by Gasteiger charge is 2.35. The molecular weight excluding hydrogens is 362 g/mol. The molecule has 0 spiro atoms. The summed E-state index contributed by atoms with van der Waals surface area (Å²) in [5.74, 6) is 1.58. The van der Waals surface area contributed by atoms with Crippen LogP contribution in [0.15, 0.2) is 35.3 Å². The van der Waals surface area contributed by atoms with E-state index in [9.17, 15) is 4.79 Å². The highest BCUT2D eigenvalue weighted by molar-refractivity contribution is 5.38. The molecule has 2 saturated heterocycles. The van der Waals surface area contributed by atoms with E-state index >= 15 is 0 Å². The number of nitrogen functional groups attached to an aromatic ring is 1. The van der Waals surface area contributed by atoms with Crippen molar-refractivity contribution in [2.24, 2.45) is 5.92 Å². The average molecular weight is 394 g/mol. The molecule has 0 saturated carbocycles. The lowest BCUT2D eigenvalue weighted by atomic mass is 9.82. The van der Waals surface area contributed by atoms with Gasteiger partial charge in [0.2, 0.25) is 0 Å². The van der Waals surface area contributed by atoms with Crippen LogP contribution >= 0.6 is 0 Å². The Hall–Kier alpha value is -2.18. The van der Waals surface area contributed by atoms with Crippen molar-refractivity contribution in [3.8, 4) is 0 Å². The predicted molar refractivity (Wildman–Crippen MR) is 115 cm³/mol. The number of nitrogens with zero attached hydrogens (tertiary/aromatic N) is 4. The second-order valence-corrected chi connectivity index (χ2v) is 9.08. The first-order valence-corrected chi connectivity index (χ1v) is 11.0. The van der Waals surface area contributed by atoms with Gasteiger partial charge in [0.25, 0.3) is 5.56 Å². The molecule has 154 valence electrons. The minimum Gasteiger partial charge on any atom is -0.383 e. The normalized spacial score (nSPS) is 25.0. The predicted octanol–water partition coefficient (Wildman–Crippen LogP) is 2.43. The van der Waals surface area contributed by atoms with Gasteiger partial charge in [0.15, 0.2) is 0 Å². The lowest BCUT2D eigenvalue weighted by Crippen LogP contribution is -2.47. The van der Waals surface area contributed by atoms with E-state index < -0.39 is 0 Å². The van der Waals surface area contributed by atoms with Crippen molar-refractivity contribution < 1.29 is 0 Å². The minimum atomic E-state index is 0.243. The first-order valence-electron chi connectivity index (χ1n) is 11.0. The molecule has 2 bridgehead atoms. The highest BCUT2D eigenvalue weighted by atomic mass is 16.1. The third kappa shape index (κ3) is 3.83. The van der Waals surface area contributed by atoms with Crippen molar-refractivity contribution in [2.45, 2.75) is 51.2 Å². The maximum Gasteiger partial charge on any atom is 0.255 e. The summed E-state index contributed by atoms with van der Waals surface area (Å²) in [5.41, 5.74) is 9.59. The van der Waals surface area contributed by atoms with Gasteiger partial charge in [-0.05, 0) is 50.4 Å². The topological polar surface area (TPSA) is 67.4 Å². The molecule has 5 rings (SSSR count). The number of likely N-dealkylation sites (tertiary alicyclic amines) is 2. The fourth-order valence-corrected chi connectivity index (χ4v) is 5.52. The van der Waals surface area contributed by atoms with Crippen LogP contribution in [0.25, 0.3) is 0 Å². The van der Waals surface area contributed by atoms with Gasteiger partial charge < -0.3 is 10.3 Å². The Kier molecular flexibility index (Phi) is 5.14. The monoisotopic (exact) mass is 393 g/mol. The average Bonchev–Trinajstić information content (AvgIpc) is 2.73. The fourth-order valence-electron chi connectivity index (χ4n) is 5.52. The number of piperidine rings is 2. The van der Waals surface area contributed by atoms with E-state index in [0.29, 0.717) is 17.7 Å². The molecule has 2 fully saturated rings. The van der Waals surface area contributed by atoms with Gasteiger partial charge in [0, 0.05) is 61.7 Å². The summed E-state index contributed by atoms with van der Waals surface area (Å²) in [5, 5.41) is 0. The molecule has 5 heterocycles. The van der Waals surface area contributed by atoms with Crippen LogP contribution in [0.5, 0.6) is 0 Å². The molecule has 6 nitrogen and oxygen atoms in total. The van der Waals surface area contributed by atoms with Crippen LogP contribution in [0.1, 0.15) is 48.4 Å². The van der Waals surface area contributed by atoms with Crippen LogP contribution < -0.4 is 11.3 Å². The summed E-state index contributed by atoms with van der Waals surface area (Å²) in [4.78, 5) is 22.4. The van der Waals surface area contributed by atoms with Crippen LogP contribution in [-0.4, -0.2) is 45.5 Å². The molecule has 0 radical (unpaired) electrons. The van der Waals surface area contributed by atoms with E-state index in [4.69, 9.17) is 5.73 Å². The Labute approximate surface area is 172 Å². The Morgan fingerprint density at radius 3 is 2.62 bits per heavy atom. The molecular formula is C23H31N5O. The van der Waals surface area contributed by atoms with Gasteiger partial charge in [0.05, 0.1) is 0 Å². The van der Waals surface area contributed by atoms with E-state index in [-0.39, 0.29) is 5.56 Å². The van der Waals surface area contributed by atoms with Crippen LogP contribution in [-0.2, 0) is 19.6 Å². The second-order valence-electron chi connectivity index (χ2n) is 9.08. The van der Waals surface area contributed by atoms with Gasteiger partial charge in [-0.1, -0.05) is 18.6 Å². The molecule has 29 heavy (non-hydrogen) atoms. The Morgan fingerprint density at radius 1 is 0.966 bits per heavy atom. The van der Waals surface area contributed by atoms with Crippen molar-refractivity contribution in [1.82, 2.24) is 19.4 Å².